The Hall–Kier alpha value is -3.33. The Morgan fingerprint density at radius 1 is 1.18 bits per heavy atom. The number of carbonyl (C=O) groups excluding carboxylic acids is 2. The topological polar surface area (TPSA) is 117 Å². The largest absolute Gasteiger partial charge is 0.493 e. The first-order chi connectivity index (χ1) is 13.4. The van der Waals surface area contributed by atoms with Crippen LogP contribution in [0.2, 0.25) is 5.02 Å². The first kappa shape index (κ1) is 21.0. The number of nitro benzene ring substituents is 1. The van der Waals surface area contributed by atoms with Crippen LogP contribution in [0.5, 0.6) is 11.5 Å². The molecule has 28 heavy (non-hydrogen) atoms. The molecule has 0 heterocycles. The van der Waals surface area contributed by atoms with Crippen LogP contribution < -0.4 is 14.8 Å². The Balaban J connectivity index is 1.78. The van der Waals surface area contributed by atoms with Crippen LogP contribution in [-0.4, -0.2) is 43.7 Å². The number of esters is 1. The van der Waals surface area contributed by atoms with E-state index in [4.69, 9.17) is 25.8 Å². The van der Waals surface area contributed by atoms with Crippen LogP contribution in [0.4, 0.5) is 5.69 Å². The lowest BCUT2D eigenvalue weighted by molar-refractivity contribution is -0.385. The Morgan fingerprint density at radius 3 is 2.57 bits per heavy atom. The molecule has 0 fully saturated rings. The standard InChI is InChI=1S/C18H17ClN2O7/c1-26-15-4-2-3-5-16(15)27-9-8-20-17(22)11-28-18(23)13-7-6-12(19)10-14(13)21(24)25/h2-7,10H,8-9,11H2,1H3,(H,20,22). The number of nitrogens with one attached hydrogen (secondary N) is 1. The molecule has 1 amide bonds. The van der Waals surface area contributed by atoms with Crippen LogP contribution in [0.1, 0.15) is 10.4 Å². The molecule has 2 aromatic rings. The summed E-state index contributed by atoms with van der Waals surface area (Å²) in [4.78, 5) is 34.0. The number of carbonyl (C=O) groups is 2. The summed E-state index contributed by atoms with van der Waals surface area (Å²) in [6, 6.07) is 10.6. The SMILES string of the molecule is COc1ccccc1OCCNC(=O)COC(=O)c1ccc(Cl)cc1[N+](=O)[O-]. The molecule has 0 atom stereocenters. The van der Waals surface area contributed by atoms with E-state index in [1.54, 1.807) is 24.3 Å². The third-order valence-electron chi connectivity index (χ3n) is 3.46. The minimum absolute atomic E-state index is 0.107. The van der Waals surface area contributed by atoms with Gasteiger partial charge in [0.15, 0.2) is 18.1 Å². The third kappa shape index (κ3) is 5.85. The molecular formula is C18H17ClN2O7. The monoisotopic (exact) mass is 408 g/mol. The van der Waals surface area contributed by atoms with Gasteiger partial charge in [-0.2, -0.15) is 0 Å². The molecule has 0 unspecified atom stereocenters. The van der Waals surface area contributed by atoms with Gasteiger partial charge in [0.2, 0.25) is 0 Å². The molecule has 0 aliphatic carbocycles. The predicted octanol–water partition coefficient (Wildman–Crippen LogP) is 2.61. The average molecular weight is 409 g/mol. The Labute approximate surface area is 165 Å². The van der Waals surface area contributed by atoms with E-state index in [0.717, 1.165) is 6.07 Å². The maximum Gasteiger partial charge on any atom is 0.345 e. The van der Waals surface area contributed by atoms with Crippen molar-refractivity contribution in [2.45, 2.75) is 0 Å². The van der Waals surface area contributed by atoms with E-state index in [-0.39, 0.29) is 23.7 Å². The minimum atomic E-state index is -0.996. The minimum Gasteiger partial charge on any atom is -0.493 e. The van der Waals surface area contributed by atoms with E-state index in [2.05, 4.69) is 5.32 Å². The molecule has 2 rings (SSSR count). The normalized spacial score (nSPS) is 10.1. The van der Waals surface area contributed by atoms with E-state index in [0.29, 0.717) is 11.5 Å². The van der Waals surface area contributed by atoms with Gasteiger partial charge in [-0.3, -0.25) is 14.9 Å². The molecule has 1 N–H and O–H groups in total. The van der Waals surface area contributed by atoms with Gasteiger partial charge in [0.1, 0.15) is 12.2 Å². The number of halogens is 1. The molecule has 0 saturated heterocycles. The fourth-order valence-electron chi connectivity index (χ4n) is 2.18. The maximum atomic E-state index is 12.0. The highest BCUT2D eigenvalue weighted by atomic mass is 35.5. The lowest BCUT2D eigenvalue weighted by atomic mass is 10.2. The molecule has 2 aromatic carbocycles. The molecule has 0 bridgehead atoms. The number of hydrogen-bond donors (Lipinski definition) is 1. The van der Waals surface area contributed by atoms with Gasteiger partial charge in [-0.25, -0.2) is 4.79 Å². The third-order valence-corrected chi connectivity index (χ3v) is 3.70. The fourth-order valence-corrected chi connectivity index (χ4v) is 2.34. The van der Waals surface area contributed by atoms with Crippen molar-refractivity contribution in [2.24, 2.45) is 0 Å². The quantitative estimate of drug-likeness (QED) is 0.293. The second-order valence-corrected chi connectivity index (χ2v) is 5.78. The van der Waals surface area contributed by atoms with Crippen molar-refractivity contribution in [1.82, 2.24) is 5.32 Å². The number of benzene rings is 2. The number of amides is 1. The van der Waals surface area contributed by atoms with Gasteiger partial charge in [0.05, 0.1) is 18.6 Å². The van der Waals surface area contributed by atoms with Crippen LogP contribution in [0.3, 0.4) is 0 Å². The Morgan fingerprint density at radius 2 is 1.89 bits per heavy atom. The highest BCUT2D eigenvalue weighted by molar-refractivity contribution is 6.31. The van der Waals surface area contributed by atoms with Crippen molar-refractivity contribution < 1.29 is 28.7 Å². The summed E-state index contributed by atoms with van der Waals surface area (Å²) >= 11 is 5.69. The van der Waals surface area contributed by atoms with Crippen LogP contribution in [0, 0.1) is 10.1 Å². The van der Waals surface area contributed by atoms with Gasteiger partial charge < -0.3 is 19.5 Å². The molecule has 0 aliphatic heterocycles. The zero-order chi connectivity index (χ0) is 20.5. The van der Waals surface area contributed by atoms with Crippen molar-refractivity contribution in [3.8, 4) is 11.5 Å². The fraction of sp³-hybridized carbons (Fsp3) is 0.222. The number of rotatable bonds is 9. The van der Waals surface area contributed by atoms with Crippen molar-refractivity contribution >= 4 is 29.2 Å². The summed E-state index contributed by atoms with van der Waals surface area (Å²) < 4.78 is 15.4. The number of methoxy groups -OCH3 is 1. The van der Waals surface area contributed by atoms with Crippen molar-refractivity contribution in [1.29, 1.82) is 0 Å². The molecule has 0 radical (unpaired) electrons. The molecule has 0 aliphatic rings. The van der Waals surface area contributed by atoms with Crippen LogP contribution in [-0.2, 0) is 9.53 Å². The van der Waals surface area contributed by atoms with Gasteiger partial charge >= 0.3 is 5.97 Å². The number of hydrogen-bond acceptors (Lipinski definition) is 7. The summed E-state index contributed by atoms with van der Waals surface area (Å²) in [6.45, 7) is -0.258. The van der Waals surface area contributed by atoms with E-state index in [1.165, 1.54) is 19.2 Å². The smallest absolute Gasteiger partial charge is 0.345 e. The summed E-state index contributed by atoms with van der Waals surface area (Å²) in [7, 11) is 1.52. The van der Waals surface area contributed by atoms with Crippen molar-refractivity contribution in [3.63, 3.8) is 0 Å². The molecule has 0 spiro atoms. The molecule has 9 nitrogen and oxygen atoms in total. The lowest BCUT2D eigenvalue weighted by Gasteiger charge is -2.11. The van der Waals surface area contributed by atoms with Gasteiger partial charge in [0, 0.05) is 11.1 Å². The molecule has 10 heteroatoms. The molecule has 0 aromatic heterocycles. The number of nitro groups is 1. The second-order valence-electron chi connectivity index (χ2n) is 5.34. The Bertz CT molecular complexity index is 873. The highest BCUT2D eigenvalue weighted by Gasteiger charge is 2.22. The van der Waals surface area contributed by atoms with E-state index in [9.17, 15) is 19.7 Å². The predicted molar refractivity (Wildman–Crippen MR) is 99.9 cm³/mol. The summed E-state index contributed by atoms with van der Waals surface area (Å²) in [6.07, 6.45) is 0. The van der Waals surface area contributed by atoms with Crippen molar-refractivity contribution in [2.75, 3.05) is 26.9 Å². The van der Waals surface area contributed by atoms with Crippen LogP contribution >= 0.6 is 11.6 Å². The van der Waals surface area contributed by atoms with E-state index < -0.39 is 29.1 Å². The van der Waals surface area contributed by atoms with Crippen molar-refractivity contribution in [3.05, 3.63) is 63.2 Å². The average Bonchev–Trinajstić information content (AvgIpc) is 2.69. The number of ether oxygens (including phenoxy) is 3. The van der Waals surface area contributed by atoms with E-state index in [1.807, 2.05) is 0 Å². The van der Waals surface area contributed by atoms with Gasteiger partial charge in [-0.1, -0.05) is 23.7 Å². The van der Waals surface area contributed by atoms with Gasteiger partial charge in [0.25, 0.3) is 11.6 Å². The van der Waals surface area contributed by atoms with Crippen LogP contribution in [0.25, 0.3) is 0 Å². The van der Waals surface area contributed by atoms with Crippen LogP contribution in [0.15, 0.2) is 42.5 Å². The first-order valence-corrected chi connectivity index (χ1v) is 8.43. The lowest BCUT2D eigenvalue weighted by Crippen LogP contribution is -2.32. The summed E-state index contributed by atoms with van der Waals surface area (Å²) in [5, 5.41) is 13.6. The second kappa shape index (κ2) is 10.1. The zero-order valence-electron chi connectivity index (χ0n) is 14.8. The molecule has 0 saturated carbocycles. The number of para-hydroxylation sites is 2. The first-order valence-electron chi connectivity index (χ1n) is 8.06. The van der Waals surface area contributed by atoms with Gasteiger partial charge in [-0.05, 0) is 24.3 Å². The molecular weight excluding hydrogens is 392 g/mol. The van der Waals surface area contributed by atoms with E-state index >= 15 is 0 Å². The zero-order valence-corrected chi connectivity index (χ0v) is 15.6. The highest BCUT2D eigenvalue weighted by Crippen LogP contribution is 2.25. The number of nitrogens with zero attached hydrogens (tertiary/aromatic N) is 1. The summed E-state index contributed by atoms with van der Waals surface area (Å²) in [5.41, 5.74) is -0.787. The maximum absolute atomic E-state index is 12.0. The van der Waals surface area contributed by atoms with Gasteiger partial charge in [-0.15, -0.1) is 0 Å². The molecule has 148 valence electrons. The Kier molecular flexibility index (Phi) is 7.58. The summed E-state index contributed by atoms with van der Waals surface area (Å²) in [5.74, 6) is -0.481.